The molecule has 0 amide bonds. The number of hydrogen-bond acceptors (Lipinski definition) is 7. The van der Waals surface area contributed by atoms with Gasteiger partial charge in [-0.15, -0.1) is 0 Å². The van der Waals surface area contributed by atoms with Gasteiger partial charge in [0.15, 0.2) is 0 Å². The number of esters is 2. The number of unbranched alkanes of at least 4 members (excludes halogenated alkanes) is 1. The van der Waals surface area contributed by atoms with Gasteiger partial charge in [0.05, 0.1) is 10.7 Å². The zero-order valence-electron chi connectivity index (χ0n) is 16.3. The number of carbonyl (C=O) groups excluding carboxylic acids is 2. The van der Waals surface area contributed by atoms with Crippen molar-refractivity contribution in [1.29, 1.82) is 0 Å². The third-order valence-corrected chi connectivity index (χ3v) is 6.22. The number of aliphatic carboxylic acids is 1. The maximum atomic E-state index is 12.0. The first kappa shape index (κ1) is 25.8. The lowest BCUT2D eigenvalue weighted by molar-refractivity contribution is -0.167. The molecule has 0 saturated carbocycles. The molecular weight excluding hydrogens is 392 g/mol. The van der Waals surface area contributed by atoms with E-state index < -0.39 is 50.9 Å². The Balaban J connectivity index is 6.17. The highest BCUT2D eigenvalue weighted by Gasteiger charge is 2.53. The third kappa shape index (κ3) is 7.08. The molecule has 3 atom stereocenters. The van der Waals surface area contributed by atoms with Crippen molar-refractivity contribution in [3.05, 3.63) is 25.3 Å². The van der Waals surface area contributed by atoms with Crippen LogP contribution in [-0.2, 0) is 34.0 Å². The number of hydrogen-bond donors (Lipinski definition) is 2. The van der Waals surface area contributed by atoms with Crippen molar-refractivity contribution in [1.82, 2.24) is 0 Å². The fourth-order valence-electron chi connectivity index (χ4n) is 3.25. The largest absolute Gasteiger partial charge is 0.481 e. The van der Waals surface area contributed by atoms with Crippen LogP contribution in [-0.4, -0.2) is 53.4 Å². The van der Waals surface area contributed by atoms with Crippen LogP contribution >= 0.6 is 0 Å². The minimum Gasteiger partial charge on any atom is -0.481 e. The Kier molecular flexibility index (Phi) is 10.1. The predicted octanol–water partition coefficient (Wildman–Crippen LogP) is 2.13. The number of carboxylic acid groups (broad SMARTS) is 1. The van der Waals surface area contributed by atoms with Gasteiger partial charge in [-0.1, -0.05) is 19.6 Å². The minimum atomic E-state index is -4.64. The maximum Gasteiger partial charge on any atom is 0.330 e. The van der Waals surface area contributed by atoms with Gasteiger partial charge in [0.25, 0.3) is 10.1 Å². The normalized spacial score (nSPS) is 16.7. The van der Waals surface area contributed by atoms with E-state index in [9.17, 15) is 27.4 Å². The summed E-state index contributed by atoms with van der Waals surface area (Å²) in [5.74, 6) is -2.68. The number of carboxylic acids is 1. The van der Waals surface area contributed by atoms with Crippen molar-refractivity contribution in [2.75, 3.05) is 0 Å². The van der Waals surface area contributed by atoms with Gasteiger partial charge in [-0.25, -0.2) is 9.59 Å². The summed E-state index contributed by atoms with van der Waals surface area (Å²) in [7, 11) is -4.64. The molecule has 0 aromatic heterocycles. The Hall–Kier alpha value is -2.20. The van der Waals surface area contributed by atoms with Gasteiger partial charge in [0.2, 0.25) is 0 Å². The molecule has 28 heavy (non-hydrogen) atoms. The van der Waals surface area contributed by atoms with Crippen molar-refractivity contribution < 1.29 is 41.9 Å². The highest BCUT2D eigenvalue weighted by atomic mass is 32.2. The summed E-state index contributed by atoms with van der Waals surface area (Å²) in [5.41, 5.74) is -1.55. The second-order valence-corrected chi connectivity index (χ2v) is 8.17. The lowest BCUT2D eigenvalue weighted by Crippen LogP contribution is -2.55. The molecular formula is C18H28O9S. The summed E-state index contributed by atoms with van der Waals surface area (Å²) in [4.78, 5) is 34.2. The van der Waals surface area contributed by atoms with E-state index in [0.717, 1.165) is 12.2 Å². The molecule has 2 N–H and O–H groups in total. The molecule has 0 spiro atoms. The van der Waals surface area contributed by atoms with Crippen LogP contribution in [0.4, 0.5) is 0 Å². The van der Waals surface area contributed by atoms with Gasteiger partial charge >= 0.3 is 17.9 Å². The van der Waals surface area contributed by atoms with Crippen LogP contribution in [0.2, 0.25) is 0 Å². The second kappa shape index (κ2) is 11.0. The average molecular weight is 420 g/mol. The van der Waals surface area contributed by atoms with Crippen LogP contribution < -0.4 is 0 Å². The van der Waals surface area contributed by atoms with Crippen LogP contribution in [0.3, 0.4) is 0 Å². The van der Waals surface area contributed by atoms with E-state index in [0.29, 0.717) is 0 Å². The molecule has 0 aromatic carbocycles. The van der Waals surface area contributed by atoms with Gasteiger partial charge in [-0.05, 0) is 33.6 Å². The molecule has 0 saturated heterocycles. The van der Waals surface area contributed by atoms with Crippen LogP contribution in [0, 0.1) is 5.41 Å². The number of ether oxygens (including phenoxy) is 2. The van der Waals surface area contributed by atoms with Crippen molar-refractivity contribution in [2.24, 2.45) is 5.41 Å². The molecule has 3 unspecified atom stereocenters. The Labute approximate surface area is 165 Å². The fourth-order valence-corrected chi connectivity index (χ4v) is 4.31. The van der Waals surface area contributed by atoms with Gasteiger partial charge in [0.1, 0.15) is 12.2 Å². The lowest BCUT2D eigenvalue weighted by atomic mass is 9.71. The molecule has 0 aliphatic carbocycles. The maximum absolute atomic E-state index is 12.0. The molecule has 0 radical (unpaired) electrons. The second-order valence-electron chi connectivity index (χ2n) is 6.44. The molecule has 0 aliphatic heterocycles. The Morgan fingerprint density at radius 3 is 1.75 bits per heavy atom. The van der Waals surface area contributed by atoms with E-state index in [1.165, 1.54) is 20.8 Å². The SMILES string of the molecule is C=CC(=O)OC(C)C(CCCCC(=O)O)(C(C)OC(=O)C=C)C(C)S(=O)(=O)O. The van der Waals surface area contributed by atoms with Gasteiger partial charge in [-0.3, -0.25) is 9.35 Å². The summed E-state index contributed by atoms with van der Waals surface area (Å²) >= 11 is 0. The highest BCUT2D eigenvalue weighted by Crippen LogP contribution is 2.43. The molecule has 160 valence electrons. The van der Waals surface area contributed by atoms with Crippen molar-refractivity contribution in [3.8, 4) is 0 Å². The van der Waals surface area contributed by atoms with Gasteiger partial charge in [-0.2, -0.15) is 8.42 Å². The Bertz CT molecular complexity index is 668. The van der Waals surface area contributed by atoms with Gasteiger partial charge < -0.3 is 14.6 Å². The van der Waals surface area contributed by atoms with Crippen molar-refractivity contribution in [3.63, 3.8) is 0 Å². The molecule has 0 bridgehead atoms. The zero-order valence-corrected chi connectivity index (χ0v) is 17.1. The molecule has 10 heteroatoms. The van der Waals surface area contributed by atoms with Crippen LogP contribution in [0.5, 0.6) is 0 Å². The van der Waals surface area contributed by atoms with E-state index in [-0.39, 0.29) is 25.7 Å². The van der Waals surface area contributed by atoms with Crippen molar-refractivity contribution in [2.45, 2.75) is 63.9 Å². The molecule has 9 nitrogen and oxygen atoms in total. The lowest BCUT2D eigenvalue weighted by Gasteiger charge is -2.45. The Morgan fingerprint density at radius 1 is 1.00 bits per heavy atom. The summed E-state index contributed by atoms with van der Waals surface area (Å²) in [6, 6.07) is 0. The van der Waals surface area contributed by atoms with Crippen LogP contribution in [0.1, 0.15) is 46.5 Å². The average Bonchev–Trinajstić information content (AvgIpc) is 2.59. The first-order valence-corrected chi connectivity index (χ1v) is 10.2. The first-order valence-electron chi connectivity index (χ1n) is 8.67. The van der Waals surface area contributed by atoms with Crippen molar-refractivity contribution >= 4 is 28.0 Å². The number of rotatable bonds is 13. The highest BCUT2D eigenvalue weighted by molar-refractivity contribution is 7.86. The standard InChI is InChI=1S/C18H28O9S/c1-6-16(21)26-12(3)18(14(5)28(23,24)25,11-9-8-10-15(19)20)13(4)27-17(22)7-2/h6-7,12-14H,1-2,8-11H2,3-5H3,(H,19,20)(H,23,24,25). The molecule has 0 fully saturated rings. The Morgan fingerprint density at radius 2 is 1.43 bits per heavy atom. The van der Waals surface area contributed by atoms with E-state index in [4.69, 9.17) is 14.6 Å². The summed E-state index contributed by atoms with van der Waals surface area (Å²) in [6.07, 6.45) is -0.178. The minimum absolute atomic E-state index is 0.00157. The first-order chi connectivity index (χ1) is 12.8. The van der Waals surface area contributed by atoms with E-state index in [1.54, 1.807) is 0 Å². The fraction of sp³-hybridized carbons (Fsp3) is 0.611. The summed E-state index contributed by atoms with van der Waals surface area (Å²) in [6.45, 7) is 10.6. The van der Waals surface area contributed by atoms with E-state index in [2.05, 4.69) is 13.2 Å². The topological polar surface area (TPSA) is 144 Å². The molecule has 0 aliphatic rings. The quantitative estimate of drug-likeness (QED) is 0.198. The third-order valence-electron chi connectivity index (χ3n) is 4.89. The summed E-state index contributed by atoms with van der Waals surface area (Å²) in [5, 5.41) is 7.31. The van der Waals surface area contributed by atoms with Gasteiger partial charge in [0, 0.05) is 18.6 Å². The molecule has 0 aromatic rings. The predicted molar refractivity (Wildman–Crippen MR) is 101 cm³/mol. The monoisotopic (exact) mass is 420 g/mol. The summed E-state index contributed by atoms with van der Waals surface area (Å²) < 4.78 is 44.1. The van der Waals surface area contributed by atoms with Crippen LogP contribution in [0.15, 0.2) is 25.3 Å². The smallest absolute Gasteiger partial charge is 0.330 e. The molecule has 0 heterocycles. The van der Waals surface area contributed by atoms with E-state index >= 15 is 0 Å². The van der Waals surface area contributed by atoms with Crippen LogP contribution in [0.25, 0.3) is 0 Å². The zero-order chi connectivity index (χ0) is 22.1. The van der Waals surface area contributed by atoms with E-state index in [1.807, 2.05) is 0 Å². The molecule has 0 rings (SSSR count). The number of carbonyl (C=O) groups is 3.